The van der Waals surface area contributed by atoms with E-state index in [1.165, 1.54) is 23.3 Å². The first kappa shape index (κ1) is 17.0. The normalized spacial score (nSPS) is 11.9. The second kappa shape index (κ2) is 7.27. The average Bonchev–Trinajstić information content (AvgIpc) is 2.50. The Morgan fingerprint density at radius 2 is 1.78 bits per heavy atom. The number of aryl methyl sites for hydroxylation is 3. The minimum atomic E-state index is -0.474. The van der Waals surface area contributed by atoms with E-state index >= 15 is 0 Å². The van der Waals surface area contributed by atoms with Gasteiger partial charge in [0.2, 0.25) is 0 Å². The lowest BCUT2D eigenvalue weighted by molar-refractivity contribution is -0.123. The Bertz CT molecular complexity index is 713. The standard InChI is InChI=1S/C19H22FNO2/c1-12-9-14(3)16(10-13(12)2)15(4)21-19(22)11-23-18-8-6-5-7-17(18)20/h5-10,15H,11H2,1-4H3,(H,21,22)/t15-/m0/s1. The lowest BCUT2D eigenvalue weighted by atomic mass is 9.96. The minimum Gasteiger partial charge on any atom is -0.481 e. The topological polar surface area (TPSA) is 38.3 Å². The predicted octanol–water partition coefficient (Wildman–Crippen LogP) is 4.01. The van der Waals surface area contributed by atoms with Gasteiger partial charge in [-0.3, -0.25) is 4.79 Å². The molecule has 2 aromatic carbocycles. The van der Waals surface area contributed by atoms with Crippen molar-refractivity contribution in [2.75, 3.05) is 6.61 Å². The third-order valence-electron chi connectivity index (χ3n) is 3.92. The van der Waals surface area contributed by atoms with E-state index < -0.39 is 5.82 Å². The van der Waals surface area contributed by atoms with Crippen LogP contribution < -0.4 is 10.1 Å². The summed E-state index contributed by atoms with van der Waals surface area (Å²) in [5.41, 5.74) is 4.63. The summed E-state index contributed by atoms with van der Waals surface area (Å²) in [6.45, 7) is 7.86. The van der Waals surface area contributed by atoms with Gasteiger partial charge in [-0.25, -0.2) is 4.39 Å². The highest BCUT2D eigenvalue weighted by atomic mass is 19.1. The molecule has 23 heavy (non-hydrogen) atoms. The van der Waals surface area contributed by atoms with Crippen LogP contribution >= 0.6 is 0 Å². The number of hydrogen-bond acceptors (Lipinski definition) is 2. The maximum atomic E-state index is 13.4. The van der Waals surface area contributed by atoms with Crippen LogP contribution in [0.15, 0.2) is 36.4 Å². The summed E-state index contributed by atoms with van der Waals surface area (Å²) in [6, 6.07) is 10.1. The second-order valence-electron chi connectivity index (χ2n) is 5.80. The van der Waals surface area contributed by atoms with Gasteiger partial charge in [0.25, 0.3) is 5.91 Å². The number of amides is 1. The van der Waals surface area contributed by atoms with Gasteiger partial charge in [0.15, 0.2) is 18.2 Å². The van der Waals surface area contributed by atoms with Gasteiger partial charge in [-0.2, -0.15) is 0 Å². The van der Waals surface area contributed by atoms with Gasteiger partial charge in [-0.1, -0.05) is 24.3 Å². The van der Waals surface area contributed by atoms with Crippen molar-refractivity contribution in [1.82, 2.24) is 5.32 Å². The molecule has 2 aromatic rings. The molecule has 0 fully saturated rings. The lowest BCUT2D eigenvalue weighted by Crippen LogP contribution is -2.31. The maximum Gasteiger partial charge on any atom is 0.258 e. The molecule has 0 unspecified atom stereocenters. The Morgan fingerprint density at radius 3 is 2.48 bits per heavy atom. The first-order chi connectivity index (χ1) is 10.9. The Kier molecular flexibility index (Phi) is 5.37. The van der Waals surface area contributed by atoms with Crippen LogP contribution in [-0.2, 0) is 4.79 Å². The Morgan fingerprint density at radius 1 is 1.13 bits per heavy atom. The van der Waals surface area contributed by atoms with E-state index in [9.17, 15) is 9.18 Å². The molecule has 0 aliphatic carbocycles. The van der Waals surface area contributed by atoms with Gasteiger partial charge in [-0.15, -0.1) is 0 Å². The highest BCUT2D eigenvalue weighted by Gasteiger charge is 2.14. The molecule has 0 aromatic heterocycles. The number of para-hydroxylation sites is 1. The van der Waals surface area contributed by atoms with Gasteiger partial charge in [0, 0.05) is 0 Å². The molecule has 0 heterocycles. The number of rotatable bonds is 5. The van der Waals surface area contributed by atoms with Crippen LogP contribution in [0.25, 0.3) is 0 Å². The molecule has 2 rings (SSSR count). The molecule has 0 radical (unpaired) electrons. The fourth-order valence-electron chi connectivity index (χ4n) is 2.52. The Balaban J connectivity index is 1.97. The zero-order valence-electron chi connectivity index (χ0n) is 13.9. The molecule has 0 aliphatic heterocycles. The molecule has 4 heteroatoms. The largest absolute Gasteiger partial charge is 0.481 e. The molecule has 0 aliphatic rings. The highest BCUT2D eigenvalue weighted by Crippen LogP contribution is 2.21. The maximum absolute atomic E-state index is 13.4. The quantitative estimate of drug-likeness (QED) is 0.905. The van der Waals surface area contributed by atoms with Crippen molar-refractivity contribution in [3.63, 3.8) is 0 Å². The van der Waals surface area contributed by atoms with Gasteiger partial charge in [0.05, 0.1) is 6.04 Å². The monoisotopic (exact) mass is 315 g/mol. The van der Waals surface area contributed by atoms with Crippen LogP contribution in [0.2, 0.25) is 0 Å². The molecule has 0 bridgehead atoms. The summed E-state index contributed by atoms with van der Waals surface area (Å²) in [4.78, 5) is 12.0. The molecule has 122 valence electrons. The number of ether oxygens (including phenoxy) is 1. The summed E-state index contributed by atoms with van der Waals surface area (Å²) in [6.07, 6.45) is 0. The van der Waals surface area contributed by atoms with Gasteiger partial charge in [-0.05, 0) is 62.1 Å². The summed E-state index contributed by atoms with van der Waals surface area (Å²) in [7, 11) is 0. The van der Waals surface area contributed by atoms with Gasteiger partial charge in [0.1, 0.15) is 0 Å². The number of carbonyl (C=O) groups is 1. The lowest BCUT2D eigenvalue weighted by Gasteiger charge is -2.18. The van der Waals surface area contributed by atoms with Crippen molar-refractivity contribution in [2.45, 2.75) is 33.7 Å². The smallest absolute Gasteiger partial charge is 0.258 e. The molecule has 0 saturated carbocycles. The first-order valence-corrected chi connectivity index (χ1v) is 7.63. The van der Waals surface area contributed by atoms with Gasteiger partial charge < -0.3 is 10.1 Å². The van der Waals surface area contributed by atoms with Crippen molar-refractivity contribution in [1.29, 1.82) is 0 Å². The van der Waals surface area contributed by atoms with E-state index in [1.807, 2.05) is 20.8 Å². The van der Waals surface area contributed by atoms with Crippen LogP contribution in [0.4, 0.5) is 4.39 Å². The summed E-state index contributed by atoms with van der Waals surface area (Å²) < 4.78 is 18.7. The number of halogens is 1. The van der Waals surface area contributed by atoms with E-state index in [2.05, 4.69) is 24.4 Å². The summed E-state index contributed by atoms with van der Waals surface area (Å²) in [5, 5.41) is 2.89. The SMILES string of the molecule is Cc1cc(C)c([C@H](C)NC(=O)COc2ccccc2F)cc1C. The zero-order chi connectivity index (χ0) is 17.0. The molecule has 1 N–H and O–H groups in total. The van der Waals surface area contributed by atoms with E-state index in [-0.39, 0.29) is 24.3 Å². The predicted molar refractivity (Wildman–Crippen MR) is 89.1 cm³/mol. The summed E-state index contributed by atoms with van der Waals surface area (Å²) >= 11 is 0. The van der Waals surface area contributed by atoms with Crippen molar-refractivity contribution in [2.24, 2.45) is 0 Å². The fourth-order valence-corrected chi connectivity index (χ4v) is 2.52. The van der Waals surface area contributed by atoms with Crippen molar-refractivity contribution >= 4 is 5.91 Å². The third-order valence-corrected chi connectivity index (χ3v) is 3.92. The van der Waals surface area contributed by atoms with Crippen LogP contribution in [0.1, 0.15) is 35.2 Å². The van der Waals surface area contributed by atoms with Crippen molar-refractivity contribution < 1.29 is 13.9 Å². The van der Waals surface area contributed by atoms with Crippen LogP contribution in [0.3, 0.4) is 0 Å². The van der Waals surface area contributed by atoms with E-state index in [1.54, 1.807) is 12.1 Å². The van der Waals surface area contributed by atoms with Crippen molar-refractivity contribution in [3.05, 3.63) is 64.5 Å². The van der Waals surface area contributed by atoms with E-state index in [0.29, 0.717) is 0 Å². The highest BCUT2D eigenvalue weighted by molar-refractivity contribution is 5.78. The number of hydrogen-bond donors (Lipinski definition) is 1. The Labute approximate surface area is 136 Å². The zero-order valence-corrected chi connectivity index (χ0v) is 13.9. The molecule has 0 saturated heterocycles. The third kappa shape index (κ3) is 4.31. The van der Waals surface area contributed by atoms with E-state index in [0.717, 1.165) is 11.1 Å². The van der Waals surface area contributed by atoms with Crippen LogP contribution in [-0.4, -0.2) is 12.5 Å². The molecule has 3 nitrogen and oxygen atoms in total. The Hall–Kier alpha value is -2.36. The molecule has 1 atom stereocenters. The molecular weight excluding hydrogens is 293 g/mol. The minimum absolute atomic E-state index is 0.0812. The fraction of sp³-hybridized carbons (Fsp3) is 0.316. The summed E-state index contributed by atoms with van der Waals surface area (Å²) in [5.74, 6) is -0.672. The molecular formula is C19H22FNO2. The number of carbonyl (C=O) groups excluding carboxylic acids is 1. The van der Waals surface area contributed by atoms with Crippen LogP contribution in [0.5, 0.6) is 5.75 Å². The first-order valence-electron chi connectivity index (χ1n) is 7.63. The van der Waals surface area contributed by atoms with Crippen LogP contribution in [0, 0.1) is 26.6 Å². The van der Waals surface area contributed by atoms with Crippen molar-refractivity contribution in [3.8, 4) is 5.75 Å². The number of nitrogens with one attached hydrogen (secondary N) is 1. The molecule has 1 amide bonds. The van der Waals surface area contributed by atoms with Gasteiger partial charge >= 0.3 is 0 Å². The molecule has 0 spiro atoms. The average molecular weight is 315 g/mol. The second-order valence-corrected chi connectivity index (χ2v) is 5.80. The van der Waals surface area contributed by atoms with E-state index in [4.69, 9.17) is 4.74 Å². The number of benzene rings is 2.